The van der Waals surface area contributed by atoms with Gasteiger partial charge in [0.05, 0.1) is 120 Å². The average molecular weight is 1710 g/mol. The monoisotopic (exact) mass is 1700 g/mol. The molecule has 4 atom stereocenters. The number of nitroso groups, excluding NO2 is 1. The summed E-state index contributed by atoms with van der Waals surface area (Å²) in [5.41, 5.74) is 35.5. The van der Waals surface area contributed by atoms with Crippen molar-refractivity contribution < 1.29 is 121 Å². The van der Waals surface area contributed by atoms with Crippen LogP contribution in [-0.4, -0.2) is 224 Å². The second-order valence-electron chi connectivity index (χ2n) is 26.3. The fraction of sp³-hybridized carbons (Fsp3) is 0.568. The second-order valence-corrected chi connectivity index (χ2v) is 26.3. The maximum absolute atomic E-state index is 13.3. The molecule has 4 unspecified atom stereocenters. The smallest absolute Gasteiger partial charge is 0.324 e. The van der Waals surface area contributed by atoms with Gasteiger partial charge in [0.25, 0.3) is 17.1 Å². The molecule has 4 aromatic carbocycles. The molecule has 4 aromatic rings. The number of nitro benzene ring substituents is 2. The van der Waals surface area contributed by atoms with E-state index in [1.165, 1.54) is 64.1 Å². The van der Waals surface area contributed by atoms with E-state index < -0.39 is 63.7 Å². The predicted molar refractivity (Wildman–Crippen MR) is 428 cm³/mol. The van der Waals surface area contributed by atoms with E-state index in [0.29, 0.717) is 29.2 Å². The molecular formula is C74H116N18O28. The van der Waals surface area contributed by atoms with E-state index in [0.717, 1.165) is 5.56 Å². The molecule has 0 aliphatic heterocycles. The summed E-state index contributed by atoms with van der Waals surface area (Å²) in [6, 6.07) is 11.7. The summed E-state index contributed by atoms with van der Waals surface area (Å²) in [5, 5.41) is 44.2. The molecule has 0 aliphatic carbocycles. The van der Waals surface area contributed by atoms with Crippen molar-refractivity contribution in [3.8, 4) is 46.0 Å². The molecule has 4 amide bonds. The Morgan fingerprint density at radius 2 is 0.700 bits per heavy atom. The summed E-state index contributed by atoms with van der Waals surface area (Å²) in [5.74, 6) is -1.73. The van der Waals surface area contributed by atoms with Gasteiger partial charge < -0.3 is 122 Å². The van der Waals surface area contributed by atoms with Crippen molar-refractivity contribution in [3.63, 3.8) is 0 Å². The third kappa shape index (κ3) is 41.7. The molecule has 0 saturated heterocycles. The number of nitrogens with one attached hydrogen (secondary N) is 9. The zero-order chi connectivity index (χ0) is 88.0. The molecule has 0 bridgehead atoms. The van der Waals surface area contributed by atoms with Crippen molar-refractivity contribution in [2.75, 3.05) is 146 Å². The van der Waals surface area contributed by atoms with Crippen LogP contribution in [0.15, 0.2) is 59.9 Å². The zero-order valence-corrected chi connectivity index (χ0v) is 68.8. The van der Waals surface area contributed by atoms with Gasteiger partial charge in [0, 0.05) is 157 Å². The van der Waals surface area contributed by atoms with Crippen LogP contribution >= 0.6 is 0 Å². The van der Waals surface area contributed by atoms with Gasteiger partial charge in [-0.3, -0.25) is 58.6 Å². The van der Waals surface area contributed by atoms with Crippen LogP contribution in [0.1, 0.15) is 151 Å². The number of amides is 4. The molecule has 0 fully saturated rings. The Labute approximate surface area is 693 Å². The summed E-state index contributed by atoms with van der Waals surface area (Å²) in [6.45, 7) is 8.30. The summed E-state index contributed by atoms with van der Waals surface area (Å²) in [4.78, 5) is 170. The SMILES string of the molecule is COc1cc(C(C)N)ccc1OCCCC(=O)ONCCNC(=O)CCN(CCC(=O)NCCNOC(=O)CCCOc1cc([N+](=O)[O-])c(C(C)N)cc1OC)CCN(CCC(=O)NCCNOC(=O)CCCOc1cc([NH+]=O)c(C(C)N)cc1OC)CCC(=O)NCCNOC(=O)CCCOc1cc([N+](=O)[O-])c(C(C)N)cc1OC.O=NO.[OH-]. The molecule has 120 heavy (non-hydrogen) atoms. The number of carbonyl (C=O) groups excluding carboxylic acids is 8. The van der Waals surface area contributed by atoms with Gasteiger partial charge in [0.15, 0.2) is 51.3 Å². The number of nitrogens with two attached hydrogens (primary N) is 4. The van der Waals surface area contributed by atoms with E-state index in [4.69, 9.17) is 90.3 Å². The first kappa shape index (κ1) is 104. The number of methoxy groups -OCH3 is 4. The number of nitrogens with zero attached hydrogens (tertiary/aromatic N) is 5. The van der Waals surface area contributed by atoms with Crippen molar-refractivity contribution >= 4 is 64.6 Å². The molecule has 0 heterocycles. The predicted octanol–water partition coefficient (Wildman–Crippen LogP) is 1.62. The highest BCUT2D eigenvalue weighted by atomic mass is 16.7. The molecule has 0 aromatic heterocycles. The molecule has 0 aliphatic rings. The normalized spacial score (nSPS) is 11.8. The molecule has 19 N–H and O–H groups in total. The third-order valence-corrected chi connectivity index (χ3v) is 17.1. The van der Waals surface area contributed by atoms with Gasteiger partial charge in [-0.1, -0.05) is 6.07 Å². The highest BCUT2D eigenvalue weighted by Gasteiger charge is 2.26. The first-order valence-corrected chi connectivity index (χ1v) is 38.3. The molecule has 0 spiro atoms. The Hall–Kier alpha value is -11.6. The summed E-state index contributed by atoms with van der Waals surface area (Å²) in [7, 11) is 5.70. The van der Waals surface area contributed by atoms with Crippen LogP contribution in [-0.2, 0) is 57.7 Å². The lowest BCUT2D eigenvalue weighted by molar-refractivity contribution is -0.385. The number of benzene rings is 4. The van der Waals surface area contributed by atoms with Gasteiger partial charge in [-0.2, -0.15) is 21.9 Å². The quantitative estimate of drug-likeness (QED) is 0.00981. The largest absolute Gasteiger partial charge is 0.870 e. The van der Waals surface area contributed by atoms with Crippen molar-refractivity contribution in [1.82, 2.24) is 53.0 Å². The first-order chi connectivity index (χ1) is 57.0. The van der Waals surface area contributed by atoms with E-state index in [1.54, 1.807) is 39.0 Å². The van der Waals surface area contributed by atoms with Crippen molar-refractivity contribution in [3.05, 3.63) is 107 Å². The van der Waals surface area contributed by atoms with Crippen LogP contribution in [0.4, 0.5) is 17.1 Å². The van der Waals surface area contributed by atoms with Gasteiger partial charge in [0.2, 0.25) is 23.6 Å². The van der Waals surface area contributed by atoms with Crippen LogP contribution < -0.4 is 109 Å². The van der Waals surface area contributed by atoms with E-state index in [1.807, 2.05) is 28.0 Å². The molecular weight excluding hydrogens is 1590 g/mol. The van der Waals surface area contributed by atoms with Gasteiger partial charge in [0.1, 0.15) is 0 Å². The Kier molecular flexibility index (Phi) is 52.2. The number of carbonyl (C=O) groups is 8. The maximum atomic E-state index is 13.3. The lowest BCUT2D eigenvalue weighted by Gasteiger charge is -2.27. The van der Waals surface area contributed by atoms with Crippen molar-refractivity contribution in [2.45, 2.75) is 129 Å². The minimum atomic E-state index is -0.656. The Morgan fingerprint density at radius 3 is 0.975 bits per heavy atom. The highest BCUT2D eigenvalue weighted by Crippen LogP contribution is 2.39. The van der Waals surface area contributed by atoms with E-state index in [9.17, 15) is 63.5 Å². The fourth-order valence-electron chi connectivity index (χ4n) is 10.8. The van der Waals surface area contributed by atoms with Crippen LogP contribution in [0.5, 0.6) is 46.0 Å². The van der Waals surface area contributed by atoms with Crippen LogP contribution in [0, 0.1) is 30.0 Å². The minimum Gasteiger partial charge on any atom is -0.870 e. The molecule has 670 valence electrons. The van der Waals surface area contributed by atoms with Crippen LogP contribution in [0.25, 0.3) is 0 Å². The van der Waals surface area contributed by atoms with Crippen LogP contribution in [0.3, 0.4) is 0 Å². The number of hydrogen-bond donors (Lipinski definition) is 14. The van der Waals surface area contributed by atoms with Gasteiger partial charge in [-0.15, -0.1) is 4.91 Å². The standard InChI is InChI=1S/C74H113N17O25.HNO2.H2O/c1-48(75)52-17-18-59(60(41-52)105-5)109-37-9-13-71(96)113-83-27-23-79-67(92)19-31-88(33-21-69(94)81-25-29-85-115-73(98)15-11-39-111-65-46-57(90(101)102)54(50(3)77)43-62(65)107-7)35-36-89(32-20-68(93)80-24-28-84-114-72(97)14-10-38-110-64-45-56(87-100)53(49(2)76)42-61(64)106-6)34-22-70(95)82-26-30-86-116-74(99)16-12-40-112-66-47-58(91(103)104)55(51(4)78)44-63(66)108-8;2-1-3;/h17-18,41-51,83-86H,9-16,19-40,75-78H2,1-8H3,(H,79,92)(H,80,93)(H,81,94)(H,82,95);(H,2,3);1H2. The van der Waals surface area contributed by atoms with Crippen molar-refractivity contribution in [1.29, 1.82) is 0 Å². The number of ether oxygens (including phenoxy) is 8. The van der Waals surface area contributed by atoms with Gasteiger partial charge in [-0.05, 0) is 89.3 Å². The Balaban J connectivity index is 0.0000120. The topological polar surface area (TPSA) is 651 Å². The fourth-order valence-corrected chi connectivity index (χ4v) is 10.8. The summed E-state index contributed by atoms with van der Waals surface area (Å²) >= 11 is 0. The average Bonchev–Trinajstić information content (AvgIpc) is 0.819. The molecule has 0 radical (unpaired) electrons. The number of nitro groups is 2. The second kappa shape index (κ2) is 60.0. The minimum absolute atomic E-state index is 0. The van der Waals surface area contributed by atoms with Crippen molar-refractivity contribution in [2.24, 2.45) is 28.3 Å². The maximum Gasteiger partial charge on any atom is 0.324 e. The lowest BCUT2D eigenvalue weighted by atomic mass is 10.1. The molecule has 4 rings (SSSR count). The number of rotatable bonds is 62. The Morgan fingerprint density at radius 1 is 0.417 bits per heavy atom. The zero-order valence-electron chi connectivity index (χ0n) is 68.8. The third-order valence-electron chi connectivity index (χ3n) is 17.1. The van der Waals surface area contributed by atoms with Crippen LogP contribution in [0.2, 0.25) is 0 Å². The lowest BCUT2D eigenvalue weighted by Crippen LogP contribution is -2.56. The highest BCUT2D eigenvalue weighted by molar-refractivity contribution is 5.78. The molecule has 0 saturated carbocycles. The van der Waals surface area contributed by atoms with E-state index >= 15 is 0 Å². The molecule has 46 nitrogen and oxygen atoms in total. The van der Waals surface area contributed by atoms with Gasteiger partial charge >= 0.3 is 23.9 Å². The summed E-state index contributed by atoms with van der Waals surface area (Å²) in [6.07, 6.45) is 0.482. The summed E-state index contributed by atoms with van der Waals surface area (Å²) < 4.78 is 44.4. The number of hydrogen-bond acceptors (Lipinski definition) is 38. The van der Waals surface area contributed by atoms with Gasteiger partial charge in [-0.25, -0.2) is 0 Å². The Bertz CT molecular complexity index is 3860. The number of hydroxylamine groups is 4. The molecule has 46 heteroatoms. The van der Waals surface area contributed by atoms with E-state index in [2.05, 4.69) is 43.2 Å². The van der Waals surface area contributed by atoms with E-state index in [-0.39, 0.29) is 269 Å². The first-order valence-electron chi connectivity index (χ1n) is 38.3.